The normalized spacial score (nSPS) is 18.3. The number of hydrogen-bond donors (Lipinski definition) is 2. The maximum absolute atomic E-state index is 13.7. The zero-order chi connectivity index (χ0) is 26.4. The number of thiophene rings is 1. The molecule has 0 spiro atoms. The third-order valence-corrected chi connectivity index (χ3v) is 9.38. The first-order valence-electron chi connectivity index (χ1n) is 11.4. The molecule has 2 N–H and O–H groups in total. The fraction of sp³-hybridized carbons (Fsp3) is 0.231. The van der Waals surface area contributed by atoms with E-state index >= 15 is 0 Å². The highest BCUT2D eigenvalue weighted by Gasteiger charge is 2.38. The van der Waals surface area contributed by atoms with E-state index in [0.717, 1.165) is 40.3 Å². The molecule has 194 valence electrons. The lowest BCUT2D eigenvalue weighted by Gasteiger charge is -2.27. The molecule has 5 nitrogen and oxygen atoms in total. The van der Waals surface area contributed by atoms with Gasteiger partial charge in [-0.25, -0.2) is 8.42 Å². The van der Waals surface area contributed by atoms with E-state index in [-0.39, 0.29) is 14.2 Å². The number of sulfonamides is 1. The molecule has 1 atom stereocenters. The van der Waals surface area contributed by atoms with E-state index < -0.39 is 33.1 Å². The number of ether oxygens (including phenoxy) is 1. The largest absolute Gasteiger partial charge is 0.485 e. The molecule has 0 aliphatic carbocycles. The molecule has 0 radical (unpaired) electrons. The fourth-order valence-corrected chi connectivity index (χ4v) is 7.30. The first kappa shape index (κ1) is 25.8. The molecule has 1 aliphatic heterocycles. The minimum atomic E-state index is -4.67. The number of nitrogens with one attached hydrogen (secondary N) is 2. The third-order valence-electron chi connectivity index (χ3n) is 6.20. The van der Waals surface area contributed by atoms with Crippen LogP contribution in [0, 0.1) is 0 Å². The zero-order valence-corrected chi connectivity index (χ0v) is 21.9. The van der Waals surface area contributed by atoms with Crippen LogP contribution in [-0.2, 0) is 16.2 Å². The molecule has 3 aromatic carbocycles. The van der Waals surface area contributed by atoms with Crippen LogP contribution in [0.15, 0.2) is 70.9 Å². The third kappa shape index (κ3) is 5.43. The van der Waals surface area contributed by atoms with Crippen LogP contribution in [0.1, 0.15) is 18.9 Å². The van der Waals surface area contributed by atoms with Gasteiger partial charge in [-0.2, -0.15) is 13.2 Å². The van der Waals surface area contributed by atoms with E-state index in [1.165, 1.54) is 0 Å². The molecule has 0 bridgehead atoms. The number of halogens is 4. The Bertz CT molecular complexity index is 1580. The molecule has 37 heavy (non-hydrogen) atoms. The first-order valence-corrected chi connectivity index (χ1v) is 14.0. The summed E-state index contributed by atoms with van der Waals surface area (Å²) in [7, 11) is -4.20. The van der Waals surface area contributed by atoms with Gasteiger partial charge in [0.1, 0.15) is 15.6 Å². The van der Waals surface area contributed by atoms with Crippen molar-refractivity contribution in [2.24, 2.45) is 0 Å². The molecule has 0 amide bonds. The predicted octanol–water partition coefficient (Wildman–Crippen LogP) is 7.17. The quantitative estimate of drug-likeness (QED) is 0.260. The van der Waals surface area contributed by atoms with Gasteiger partial charge in [0.25, 0.3) is 10.0 Å². The minimum absolute atomic E-state index is 0.0397. The zero-order valence-electron chi connectivity index (χ0n) is 19.5. The van der Waals surface area contributed by atoms with Crippen LogP contribution in [0.5, 0.6) is 5.75 Å². The lowest BCUT2D eigenvalue weighted by atomic mass is 10.0. The van der Waals surface area contributed by atoms with Crippen LogP contribution in [0.2, 0.25) is 4.34 Å². The monoisotopic (exact) mass is 566 g/mol. The minimum Gasteiger partial charge on any atom is -0.485 e. The number of alkyl halides is 3. The first-order chi connectivity index (χ1) is 17.4. The number of rotatable bonds is 6. The van der Waals surface area contributed by atoms with Crippen LogP contribution in [0.4, 0.5) is 18.9 Å². The van der Waals surface area contributed by atoms with Crippen molar-refractivity contribution in [1.82, 2.24) is 5.32 Å². The SMILES string of the molecule is C[C@@]1(Oc2cc(NS(=O)(=O)c3sc(Cl)cc3-c3ccc4ccccc4c3)ccc2C(F)(F)F)CCNC1. The Morgan fingerprint density at radius 1 is 1.05 bits per heavy atom. The summed E-state index contributed by atoms with van der Waals surface area (Å²) in [6.07, 6.45) is -4.15. The Labute approximate surface area is 221 Å². The summed E-state index contributed by atoms with van der Waals surface area (Å²) in [6, 6.07) is 17.8. The average molecular weight is 567 g/mol. The smallest absolute Gasteiger partial charge is 0.419 e. The van der Waals surface area contributed by atoms with E-state index in [2.05, 4.69) is 10.0 Å². The summed E-state index contributed by atoms with van der Waals surface area (Å²) in [6.45, 7) is 2.71. The Balaban J connectivity index is 1.51. The van der Waals surface area contributed by atoms with Crippen LogP contribution in [0.25, 0.3) is 21.9 Å². The van der Waals surface area contributed by atoms with Crippen LogP contribution in [-0.4, -0.2) is 27.1 Å². The molecule has 0 unspecified atom stereocenters. The molecule has 4 aromatic rings. The van der Waals surface area contributed by atoms with Gasteiger partial charge >= 0.3 is 6.18 Å². The summed E-state index contributed by atoms with van der Waals surface area (Å²) in [5.74, 6) is -0.433. The van der Waals surface area contributed by atoms with Crippen molar-refractivity contribution in [2.75, 3.05) is 17.8 Å². The second kappa shape index (κ2) is 9.50. The average Bonchev–Trinajstić information content (AvgIpc) is 3.44. The Kier molecular flexibility index (Phi) is 6.64. The summed E-state index contributed by atoms with van der Waals surface area (Å²) in [5.41, 5.74) is -0.810. The number of anilines is 1. The van der Waals surface area contributed by atoms with Crippen molar-refractivity contribution < 1.29 is 26.3 Å². The highest BCUT2D eigenvalue weighted by Crippen LogP contribution is 2.42. The lowest BCUT2D eigenvalue weighted by molar-refractivity contribution is -0.139. The second-order valence-electron chi connectivity index (χ2n) is 9.11. The fourth-order valence-electron chi connectivity index (χ4n) is 4.36. The molecule has 1 fully saturated rings. The molecule has 1 saturated heterocycles. The van der Waals surface area contributed by atoms with E-state index in [0.29, 0.717) is 30.6 Å². The summed E-state index contributed by atoms with van der Waals surface area (Å²) in [4.78, 5) is 0. The van der Waals surface area contributed by atoms with Crippen LogP contribution >= 0.6 is 22.9 Å². The topological polar surface area (TPSA) is 67.4 Å². The van der Waals surface area contributed by atoms with Gasteiger partial charge in [-0.3, -0.25) is 4.72 Å². The Morgan fingerprint density at radius 3 is 2.51 bits per heavy atom. The van der Waals surface area contributed by atoms with Gasteiger partial charge in [-0.1, -0.05) is 48.0 Å². The Hall–Kier alpha value is -2.79. The van der Waals surface area contributed by atoms with Crippen molar-refractivity contribution in [3.63, 3.8) is 0 Å². The predicted molar refractivity (Wildman–Crippen MR) is 141 cm³/mol. The molecule has 1 aliphatic rings. The maximum Gasteiger partial charge on any atom is 0.419 e. The van der Waals surface area contributed by atoms with Gasteiger partial charge in [-0.05, 0) is 54.1 Å². The summed E-state index contributed by atoms with van der Waals surface area (Å²) < 4.78 is 76.4. The van der Waals surface area contributed by atoms with Crippen molar-refractivity contribution in [1.29, 1.82) is 0 Å². The highest BCUT2D eigenvalue weighted by atomic mass is 35.5. The van der Waals surface area contributed by atoms with Crippen molar-refractivity contribution in [3.05, 3.63) is 76.6 Å². The standard InChI is InChI=1S/C26H22ClF3N2O3S2/c1-25(10-11-31-15-25)35-22-13-19(8-9-21(22)26(28,29)30)32-37(33,34)24-20(14-23(27)36-24)18-7-6-16-4-2-3-5-17(16)12-18/h2-9,12-14,31-32H,10-11,15H2,1H3/t25-/m1/s1. The molecule has 5 rings (SSSR count). The molecular weight excluding hydrogens is 545 g/mol. The van der Waals surface area contributed by atoms with E-state index in [4.69, 9.17) is 16.3 Å². The van der Waals surface area contributed by atoms with Crippen molar-refractivity contribution >= 4 is 49.4 Å². The van der Waals surface area contributed by atoms with Gasteiger partial charge in [0.15, 0.2) is 0 Å². The molecule has 2 heterocycles. The molecule has 1 aromatic heterocycles. The summed E-state index contributed by atoms with van der Waals surface area (Å²) >= 11 is 7.10. The van der Waals surface area contributed by atoms with Gasteiger partial charge in [-0.15, -0.1) is 11.3 Å². The van der Waals surface area contributed by atoms with E-state index in [1.807, 2.05) is 36.4 Å². The maximum atomic E-state index is 13.7. The van der Waals surface area contributed by atoms with E-state index in [9.17, 15) is 21.6 Å². The summed E-state index contributed by atoms with van der Waals surface area (Å²) in [5, 5.41) is 5.00. The number of fused-ring (bicyclic) bond motifs is 1. The molecule has 0 saturated carbocycles. The highest BCUT2D eigenvalue weighted by molar-refractivity contribution is 7.94. The Morgan fingerprint density at radius 2 is 1.81 bits per heavy atom. The van der Waals surface area contributed by atoms with E-state index in [1.54, 1.807) is 19.1 Å². The van der Waals surface area contributed by atoms with Gasteiger partial charge in [0.2, 0.25) is 0 Å². The number of hydrogen-bond acceptors (Lipinski definition) is 5. The number of benzene rings is 3. The molecular formula is C26H22ClF3N2O3S2. The lowest BCUT2D eigenvalue weighted by Crippen LogP contribution is -2.35. The van der Waals surface area contributed by atoms with Crippen LogP contribution in [0.3, 0.4) is 0 Å². The van der Waals surface area contributed by atoms with Gasteiger partial charge < -0.3 is 10.1 Å². The van der Waals surface area contributed by atoms with Gasteiger partial charge in [0.05, 0.1) is 15.6 Å². The van der Waals surface area contributed by atoms with Crippen molar-refractivity contribution in [3.8, 4) is 16.9 Å². The second-order valence-corrected chi connectivity index (χ2v) is 12.7. The van der Waals surface area contributed by atoms with Gasteiger partial charge in [0, 0.05) is 24.6 Å². The van der Waals surface area contributed by atoms with Crippen LogP contribution < -0.4 is 14.8 Å². The van der Waals surface area contributed by atoms with Crippen molar-refractivity contribution in [2.45, 2.75) is 29.3 Å². The molecule has 11 heteroatoms.